The number of halogens is 1. The Morgan fingerprint density at radius 2 is 2.35 bits per heavy atom. The van der Waals surface area contributed by atoms with E-state index in [9.17, 15) is 4.79 Å². The van der Waals surface area contributed by atoms with Gasteiger partial charge in [0, 0.05) is 41.2 Å². The van der Waals surface area contributed by atoms with Crippen molar-refractivity contribution in [2.75, 3.05) is 17.2 Å². The van der Waals surface area contributed by atoms with Crippen LogP contribution >= 0.6 is 23.4 Å². The number of aromatic nitrogens is 2. The standard InChI is InChI=1S/C14H14ClN3OS/c1-17-9-16-8-11(17)7-14(19)18-4-5-20-13-3-2-10(15)6-12(13)18/h2-3,6,8-9H,4-5,7H2,1H3. The summed E-state index contributed by atoms with van der Waals surface area (Å²) < 4.78 is 1.87. The SMILES string of the molecule is Cn1cncc1CC(=O)N1CCSc2ccc(Cl)cc21. The smallest absolute Gasteiger partial charge is 0.233 e. The van der Waals surface area contributed by atoms with E-state index in [0.717, 1.165) is 22.0 Å². The predicted octanol–water partition coefficient (Wildman–Crippen LogP) is 2.75. The van der Waals surface area contributed by atoms with Crippen LogP contribution in [-0.2, 0) is 18.3 Å². The molecule has 6 heteroatoms. The number of fused-ring (bicyclic) bond motifs is 1. The van der Waals surface area contributed by atoms with E-state index in [-0.39, 0.29) is 5.91 Å². The Bertz CT molecular complexity index is 656. The first-order valence-electron chi connectivity index (χ1n) is 6.33. The Morgan fingerprint density at radius 1 is 1.50 bits per heavy atom. The molecule has 0 N–H and O–H groups in total. The number of amides is 1. The molecule has 3 rings (SSSR count). The maximum Gasteiger partial charge on any atom is 0.233 e. The number of hydrogen-bond donors (Lipinski definition) is 0. The van der Waals surface area contributed by atoms with Crippen molar-refractivity contribution in [1.29, 1.82) is 0 Å². The minimum atomic E-state index is 0.0809. The number of imidazole rings is 1. The van der Waals surface area contributed by atoms with E-state index in [0.29, 0.717) is 18.0 Å². The highest BCUT2D eigenvalue weighted by Gasteiger charge is 2.23. The number of thioether (sulfide) groups is 1. The summed E-state index contributed by atoms with van der Waals surface area (Å²) in [5, 5.41) is 0.657. The zero-order valence-electron chi connectivity index (χ0n) is 11.0. The highest BCUT2D eigenvalue weighted by atomic mass is 35.5. The molecule has 0 radical (unpaired) electrons. The molecule has 0 saturated carbocycles. The summed E-state index contributed by atoms with van der Waals surface area (Å²) in [5.74, 6) is 0.989. The van der Waals surface area contributed by atoms with Gasteiger partial charge < -0.3 is 9.47 Å². The fraction of sp³-hybridized carbons (Fsp3) is 0.286. The predicted molar refractivity (Wildman–Crippen MR) is 81.4 cm³/mol. The normalized spacial score (nSPS) is 14.2. The van der Waals surface area contributed by atoms with E-state index < -0.39 is 0 Å². The topological polar surface area (TPSA) is 38.1 Å². The fourth-order valence-corrected chi connectivity index (χ4v) is 3.40. The van der Waals surface area contributed by atoms with Crippen LogP contribution in [0.25, 0.3) is 0 Å². The van der Waals surface area contributed by atoms with E-state index >= 15 is 0 Å². The van der Waals surface area contributed by atoms with Gasteiger partial charge in [-0.3, -0.25) is 4.79 Å². The lowest BCUT2D eigenvalue weighted by atomic mass is 10.2. The number of carbonyl (C=O) groups is 1. The summed E-state index contributed by atoms with van der Waals surface area (Å²) in [6.45, 7) is 0.717. The van der Waals surface area contributed by atoms with Crippen LogP contribution in [0, 0.1) is 0 Å². The van der Waals surface area contributed by atoms with Gasteiger partial charge in [0.1, 0.15) is 0 Å². The molecule has 4 nitrogen and oxygen atoms in total. The number of nitrogens with zero attached hydrogens (tertiary/aromatic N) is 3. The second-order valence-corrected chi connectivity index (χ2v) is 6.25. The van der Waals surface area contributed by atoms with E-state index in [1.165, 1.54) is 0 Å². The lowest BCUT2D eigenvalue weighted by Crippen LogP contribution is -2.36. The van der Waals surface area contributed by atoms with Crippen LogP contribution in [-0.4, -0.2) is 27.8 Å². The second-order valence-electron chi connectivity index (χ2n) is 4.68. The van der Waals surface area contributed by atoms with Crippen LogP contribution in [0.1, 0.15) is 5.69 Å². The van der Waals surface area contributed by atoms with Gasteiger partial charge in [-0.1, -0.05) is 11.6 Å². The van der Waals surface area contributed by atoms with Crippen LogP contribution in [0.2, 0.25) is 5.02 Å². The molecule has 20 heavy (non-hydrogen) atoms. The Morgan fingerprint density at radius 3 is 3.10 bits per heavy atom. The lowest BCUT2D eigenvalue weighted by molar-refractivity contribution is -0.118. The number of anilines is 1. The van der Waals surface area contributed by atoms with Crippen LogP contribution in [0.3, 0.4) is 0 Å². The van der Waals surface area contributed by atoms with Crippen molar-refractivity contribution in [3.8, 4) is 0 Å². The molecule has 2 aromatic rings. The Labute approximate surface area is 126 Å². The van der Waals surface area contributed by atoms with Gasteiger partial charge in [-0.15, -0.1) is 11.8 Å². The van der Waals surface area contributed by atoms with Gasteiger partial charge in [0.25, 0.3) is 0 Å². The van der Waals surface area contributed by atoms with E-state index in [4.69, 9.17) is 11.6 Å². The summed E-state index contributed by atoms with van der Waals surface area (Å²) in [6, 6.07) is 5.71. The maximum atomic E-state index is 12.5. The Balaban J connectivity index is 1.87. The third-order valence-corrected chi connectivity index (χ3v) is 4.61. The molecule has 0 bridgehead atoms. The molecular weight excluding hydrogens is 294 g/mol. The molecular formula is C14H14ClN3OS. The van der Waals surface area contributed by atoms with Crippen LogP contribution in [0.5, 0.6) is 0 Å². The van der Waals surface area contributed by atoms with Crippen molar-refractivity contribution in [1.82, 2.24) is 9.55 Å². The Hall–Kier alpha value is -1.46. The summed E-state index contributed by atoms with van der Waals surface area (Å²) in [7, 11) is 1.90. The van der Waals surface area contributed by atoms with Gasteiger partial charge in [0.15, 0.2) is 0 Å². The van der Waals surface area contributed by atoms with Gasteiger partial charge in [-0.25, -0.2) is 4.98 Å². The van der Waals surface area contributed by atoms with Crippen LogP contribution in [0.15, 0.2) is 35.6 Å². The van der Waals surface area contributed by atoms with Crippen molar-refractivity contribution in [2.24, 2.45) is 7.05 Å². The summed E-state index contributed by atoms with van der Waals surface area (Å²) in [4.78, 5) is 19.5. The first-order chi connectivity index (χ1) is 9.65. The molecule has 1 aliphatic heterocycles. The highest BCUT2D eigenvalue weighted by molar-refractivity contribution is 7.99. The molecule has 0 aliphatic carbocycles. The molecule has 1 aromatic heterocycles. The molecule has 0 saturated heterocycles. The van der Waals surface area contributed by atoms with Gasteiger partial charge >= 0.3 is 0 Å². The first kappa shape index (κ1) is 13.5. The van der Waals surface area contributed by atoms with Crippen molar-refractivity contribution < 1.29 is 4.79 Å². The minimum absolute atomic E-state index is 0.0809. The Kier molecular flexibility index (Phi) is 3.72. The molecule has 0 fully saturated rings. The molecule has 0 atom stereocenters. The quantitative estimate of drug-likeness (QED) is 0.856. The molecule has 104 valence electrons. The largest absolute Gasteiger partial charge is 0.337 e. The minimum Gasteiger partial charge on any atom is -0.337 e. The van der Waals surface area contributed by atoms with Gasteiger partial charge in [0.2, 0.25) is 5.91 Å². The number of hydrogen-bond acceptors (Lipinski definition) is 3. The van der Waals surface area contributed by atoms with Gasteiger partial charge in [-0.2, -0.15) is 0 Å². The number of benzene rings is 1. The average Bonchev–Trinajstić information content (AvgIpc) is 2.83. The molecule has 1 aliphatic rings. The second kappa shape index (κ2) is 5.50. The average molecular weight is 308 g/mol. The fourth-order valence-electron chi connectivity index (χ4n) is 2.26. The van der Waals surface area contributed by atoms with Gasteiger partial charge in [0.05, 0.1) is 18.4 Å². The first-order valence-corrected chi connectivity index (χ1v) is 7.69. The summed E-state index contributed by atoms with van der Waals surface area (Å²) in [6.07, 6.45) is 3.79. The van der Waals surface area contributed by atoms with Gasteiger partial charge in [-0.05, 0) is 18.2 Å². The molecule has 1 aromatic carbocycles. The number of carbonyl (C=O) groups excluding carboxylic acids is 1. The van der Waals surface area contributed by atoms with Crippen molar-refractivity contribution in [2.45, 2.75) is 11.3 Å². The molecule has 2 heterocycles. The van der Waals surface area contributed by atoms with E-state index in [1.807, 2.05) is 34.7 Å². The monoisotopic (exact) mass is 307 g/mol. The summed E-state index contributed by atoms with van der Waals surface area (Å²) in [5.41, 5.74) is 1.83. The number of aryl methyl sites for hydroxylation is 1. The zero-order chi connectivity index (χ0) is 14.1. The number of rotatable bonds is 2. The molecule has 0 spiro atoms. The van der Waals surface area contributed by atoms with Crippen LogP contribution < -0.4 is 4.90 Å². The lowest BCUT2D eigenvalue weighted by Gasteiger charge is -2.29. The highest BCUT2D eigenvalue weighted by Crippen LogP contribution is 2.36. The van der Waals surface area contributed by atoms with E-state index in [1.54, 1.807) is 24.3 Å². The maximum absolute atomic E-state index is 12.5. The van der Waals surface area contributed by atoms with E-state index in [2.05, 4.69) is 4.98 Å². The summed E-state index contributed by atoms with van der Waals surface area (Å²) >= 11 is 7.81. The molecule has 1 amide bonds. The van der Waals surface area contributed by atoms with Crippen molar-refractivity contribution in [3.05, 3.63) is 41.4 Å². The zero-order valence-corrected chi connectivity index (χ0v) is 12.6. The third kappa shape index (κ3) is 2.55. The molecule has 0 unspecified atom stereocenters. The van der Waals surface area contributed by atoms with Crippen LogP contribution in [0.4, 0.5) is 5.69 Å². The third-order valence-electron chi connectivity index (χ3n) is 3.33. The van der Waals surface area contributed by atoms with Crippen molar-refractivity contribution >= 4 is 35.0 Å². The van der Waals surface area contributed by atoms with Crippen molar-refractivity contribution in [3.63, 3.8) is 0 Å².